The second kappa shape index (κ2) is 2.41. The molecule has 0 spiro atoms. The van der Waals surface area contributed by atoms with Crippen LogP contribution in [0.4, 0.5) is 8.78 Å². The van der Waals surface area contributed by atoms with Crippen LogP contribution in [0.25, 0.3) is 0 Å². The van der Waals surface area contributed by atoms with Crippen LogP contribution in [0.2, 0.25) is 0 Å². The molecule has 0 radical (unpaired) electrons. The van der Waals surface area contributed by atoms with E-state index >= 15 is 0 Å². The Hall–Kier alpha value is -0.180. The minimum Gasteiger partial charge on any atom is -0.325 e. The van der Waals surface area contributed by atoms with E-state index in [9.17, 15) is 8.78 Å². The molecular weight excluding hydrogens is 160 g/mol. The summed E-state index contributed by atoms with van der Waals surface area (Å²) in [7, 11) is 0. The Morgan fingerprint density at radius 1 is 1.33 bits per heavy atom. The van der Waals surface area contributed by atoms with Crippen LogP contribution in [0.15, 0.2) is 0 Å². The zero-order valence-electron chi connectivity index (χ0n) is 7.15. The molecule has 1 nitrogen and oxygen atoms in total. The monoisotopic (exact) mass is 175 g/mol. The number of alkyl halides is 2. The van der Waals surface area contributed by atoms with Gasteiger partial charge in [-0.05, 0) is 25.7 Å². The van der Waals surface area contributed by atoms with E-state index in [1.165, 1.54) is 0 Å². The summed E-state index contributed by atoms with van der Waals surface area (Å²) >= 11 is 0. The minimum atomic E-state index is -2.48. The Morgan fingerprint density at radius 3 is 2.25 bits per heavy atom. The molecule has 0 bridgehead atoms. The van der Waals surface area contributed by atoms with Crippen LogP contribution >= 0.6 is 0 Å². The Kier molecular flexibility index (Phi) is 1.69. The van der Waals surface area contributed by atoms with Gasteiger partial charge in [0.25, 0.3) is 5.92 Å². The molecule has 0 aliphatic heterocycles. The number of halogens is 2. The summed E-state index contributed by atoms with van der Waals surface area (Å²) < 4.78 is 26.6. The first-order valence-electron chi connectivity index (χ1n) is 4.69. The van der Waals surface area contributed by atoms with Gasteiger partial charge in [-0.1, -0.05) is 6.42 Å². The van der Waals surface area contributed by atoms with Crippen LogP contribution < -0.4 is 5.73 Å². The summed E-state index contributed by atoms with van der Waals surface area (Å²) in [6.45, 7) is 0. The highest BCUT2D eigenvalue weighted by atomic mass is 19.3. The number of hydrogen-bond donors (Lipinski definition) is 1. The van der Waals surface area contributed by atoms with Gasteiger partial charge in [0.1, 0.15) is 0 Å². The van der Waals surface area contributed by atoms with Crippen molar-refractivity contribution < 1.29 is 8.78 Å². The van der Waals surface area contributed by atoms with Crippen molar-refractivity contribution in [3.63, 3.8) is 0 Å². The number of rotatable bonds is 3. The van der Waals surface area contributed by atoms with E-state index in [0.717, 1.165) is 19.3 Å². The van der Waals surface area contributed by atoms with E-state index in [0.29, 0.717) is 12.8 Å². The van der Waals surface area contributed by atoms with Crippen molar-refractivity contribution in [3.8, 4) is 0 Å². The first kappa shape index (κ1) is 8.42. The van der Waals surface area contributed by atoms with E-state index in [2.05, 4.69) is 0 Å². The fourth-order valence-electron chi connectivity index (χ4n) is 1.78. The molecule has 3 heteroatoms. The molecular formula is C9H15F2N. The molecule has 2 N–H and O–H groups in total. The van der Waals surface area contributed by atoms with Gasteiger partial charge in [0, 0.05) is 17.9 Å². The van der Waals surface area contributed by atoms with Gasteiger partial charge >= 0.3 is 0 Å². The lowest BCUT2D eigenvalue weighted by molar-refractivity contribution is -0.0990. The second-order valence-electron chi connectivity index (χ2n) is 4.43. The average molecular weight is 175 g/mol. The van der Waals surface area contributed by atoms with Crippen LogP contribution in [0, 0.1) is 5.92 Å². The summed E-state index contributed by atoms with van der Waals surface area (Å²) in [5, 5.41) is 0. The first-order valence-corrected chi connectivity index (χ1v) is 4.69. The third-order valence-corrected chi connectivity index (χ3v) is 3.18. The van der Waals surface area contributed by atoms with Gasteiger partial charge in [-0.3, -0.25) is 0 Å². The summed E-state index contributed by atoms with van der Waals surface area (Å²) in [5.41, 5.74) is 5.17. The predicted molar refractivity (Wildman–Crippen MR) is 43.1 cm³/mol. The van der Waals surface area contributed by atoms with Crippen LogP contribution in [0.5, 0.6) is 0 Å². The smallest absolute Gasteiger partial charge is 0.252 e. The maximum absolute atomic E-state index is 13.3. The third-order valence-electron chi connectivity index (χ3n) is 3.18. The molecule has 0 aromatic heterocycles. The van der Waals surface area contributed by atoms with E-state index in [1.54, 1.807) is 0 Å². The van der Waals surface area contributed by atoms with Crippen molar-refractivity contribution >= 4 is 0 Å². The Morgan fingerprint density at radius 2 is 1.92 bits per heavy atom. The van der Waals surface area contributed by atoms with Crippen LogP contribution in [-0.4, -0.2) is 11.5 Å². The predicted octanol–water partition coefficient (Wildman–Crippen LogP) is 2.30. The molecule has 0 amide bonds. The van der Waals surface area contributed by atoms with Gasteiger partial charge in [0.2, 0.25) is 0 Å². The molecule has 2 rings (SSSR count). The largest absolute Gasteiger partial charge is 0.325 e. The van der Waals surface area contributed by atoms with Crippen molar-refractivity contribution in [2.45, 2.75) is 50.0 Å². The highest BCUT2D eigenvalue weighted by Gasteiger charge is 2.51. The van der Waals surface area contributed by atoms with E-state index in [-0.39, 0.29) is 12.3 Å². The van der Waals surface area contributed by atoms with Crippen molar-refractivity contribution in [1.82, 2.24) is 0 Å². The molecule has 0 aromatic rings. The zero-order valence-corrected chi connectivity index (χ0v) is 7.15. The van der Waals surface area contributed by atoms with Gasteiger partial charge in [-0.25, -0.2) is 8.78 Å². The molecule has 0 unspecified atom stereocenters. The Labute approximate surface area is 71.3 Å². The molecule has 70 valence electrons. The van der Waals surface area contributed by atoms with Crippen LogP contribution in [-0.2, 0) is 0 Å². The lowest BCUT2D eigenvalue weighted by atomic mass is 9.78. The van der Waals surface area contributed by atoms with Gasteiger partial charge in [0.05, 0.1) is 0 Å². The maximum atomic E-state index is 13.3. The number of hydrogen-bond acceptors (Lipinski definition) is 1. The minimum absolute atomic E-state index is 0.0787. The lowest BCUT2D eigenvalue weighted by Crippen LogP contribution is -2.40. The fraction of sp³-hybridized carbons (Fsp3) is 1.00. The fourth-order valence-corrected chi connectivity index (χ4v) is 1.78. The standard InChI is InChI=1S/C9H15F2N/c10-9(11,7-2-1-3-7)6-8(12)4-5-8/h7H,1-6,12H2. The zero-order chi connectivity index (χ0) is 8.82. The quantitative estimate of drug-likeness (QED) is 0.699. The molecule has 12 heavy (non-hydrogen) atoms. The summed E-state index contributed by atoms with van der Waals surface area (Å²) in [4.78, 5) is 0. The molecule has 0 heterocycles. The van der Waals surface area contributed by atoms with Gasteiger partial charge < -0.3 is 5.73 Å². The van der Waals surface area contributed by atoms with Crippen molar-refractivity contribution in [2.24, 2.45) is 11.7 Å². The maximum Gasteiger partial charge on any atom is 0.252 e. The Bertz CT molecular complexity index is 183. The molecule has 2 aliphatic rings. The normalized spacial score (nSPS) is 28.2. The molecule has 0 saturated heterocycles. The van der Waals surface area contributed by atoms with Crippen molar-refractivity contribution in [2.75, 3.05) is 0 Å². The van der Waals surface area contributed by atoms with Crippen LogP contribution in [0.1, 0.15) is 38.5 Å². The Balaban J connectivity index is 1.90. The average Bonchev–Trinajstić information content (AvgIpc) is 2.37. The van der Waals surface area contributed by atoms with Crippen molar-refractivity contribution in [1.29, 1.82) is 0 Å². The van der Waals surface area contributed by atoms with E-state index in [1.807, 2.05) is 0 Å². The van der Waals surface area contributed by atoms with Crippen molar-refractivity contribution in [3.05, 3.63) is 0 Å². The summed E-state index contributed by atoms with van der Waals surface area (Å²) in [5.74, 6) is -2.85. The molecule has 0 atom stereocenters. The first-order chi connectivity index (χ1) is 5.52. The molecule has 2 fully saturated rings. The van der Waals surface area contributed by atoms with E-state index in [4.69, 9.17) is 5.73 Å². The summed E-state index contributed by atoms with van der Waals surface area (Å²) in [6, 6.07) is 0. The number of nitrogens with two attached hydrogens (primary N) is 1. The highest BCUT2D eigenvalue weighted by molar-refractivity contribution is 5.03. The van der Waals surface area contributed by atoms with Crippen LogP contribution in [0.3, 0.4) is 0 Å². The van der Waals surface area contributed by atoms with Gasteiger partial charge in [-0.15, -0.1) is 0 Å². The molecule has 2 aliphatic carbocycles. The van der Waals surface area contributed by atoms with E-state index < -0.39 is 11.5 Å². The summed E-state index contributed by atoms with van der Waals surface area (Å²) in [6.07, 6.45) is 3.86. The topological polar surface area (TPSA) is 26.0 Å². The molecule has 0 aromatic carbocycles. The second-order valence-corrected chi connectivity index (χ2v) is 4.43. The highest BCUT2D eigenvalue weighted by Crippen LogP contribution is 2.49. The molecule has 2 saturated carbocycles. The third kappa shape index (κ3) is 1.47. The van der Waals surface area contributed by atoms with Gasteiger partial charge in [0.15, 0.2) is 0 Å². The SMILES string of the molecule is NC1(CC(F)(F)C2CCC2)CC1. The lowest BCUT2D eigenvalue weighted by Gasteiger charge is -2.34. The van der Waals surface area contributed by atoms with Gasteiger partial charge in [-0.2, -0.15) is 0 Å².